The number of hydrogen-bond donors (Lipinski definition) is 1. The summed E-state index contributed by atoms with van der Waals surface area (Å²) in [5.74, 6) is 0.499. The Balaban J connectivity index is 1.42. The van der Waals surface area contributed by atoms with E-state index in [1.165, 1.54) is 12.8 Å². The van der Waals surface area contributed by atoms with Crippen LogP contribution in [-0.2, 0) is 11.3 Å². The van der Waals surface area contributed by atoms with Crippen molar-refractivity contribution < 1.29 is 9.53 Å². The number of benzene rings is 2. The standard InChI is InChI=1S/C26H30N4O2/c1-3-32-25(31)30-17-22-11-10-21(16-23(22)28-24(27)26(30)12-13-26)20-8-6-19(7-9-20)18(2)29-14-4-5-15-29/h6-11,16H,2-5,12-15,17H2,1H3,(H2,27,28). The molecule has 6 nitrogen and oxygen atoms in total. The smallest absolute Gasteiger partial charge is 0.410 e. The van der Waals surface area contributed by atoms with Crippen molar-refractivity contribution in [2.75, 3.05) is 19.7 Å². The maximum atomic E-state index is 12.6. The molecular weight excluding hydrogens is 400 g/mol. The molecule has 3 aliphatic rings. The highest BCUT2D eigenvalue weighted by molar-refractivity contribution is 5.98. The van der Waals surface area contributed by atoms with Crippen LogP contribution in [-0.4, -0.2) is 47.0 Å². The lowest BCUT2D eigenvalue weighted by atomic mass is 10.00. The fourth-order valence-electron chi connectivity index (χ4n) is 4.78. The molecular formula is C26H30N4O2. The summed E-state index contributed by atoms with van der Waals surface area (Å²) < 4.78 is 5.30. The lowest BCUT2D eigenvalue weighted by Crippen LogP contribution is -2.49. The molecule has 1 saturated carbocycles. The van der Waals surface area contributed by atoms with Crippen LogP contribution in [0.15, 0.2) is 54.0 Å². The molecule has 1 amide bonds. The molecule has 2 fully saturated rings. The number of fused-ring (bicyclic) bond motifs is 1. The average molecular weight is 431 g/mol. The summed E-state index contributed by atoms with van der Waals surface area (Å²) in [5, 5.41) is 0. The highest BCUT2D eigenvalue weighted by Gasteiger charge is 2.55. The molecule has 2 aliphatic heterocycles. The van der Waals surface area contributed by atoms with Crippen LogP contribution in [0.3, 0.4) is 0 Å². The first-order chi connectivity index (χ1) is 15.5. The van der Waals surface area contributed by atoms with E-state index in [2.05, 4.69) is 47.9 Å². The fourth-order valence-corrected chi connectivity index (χ4v) is 4.78. The maximum Gasteiger partial charge on any atom is 0.410 e. The zero-order chi connectivity index (χ0) is 22.3. The molecule has 32 heavy (non-hydrogen) atoms. The molecule has 2 aromatic rings. The van der Waals surface area contributed by atoms with Gasteiger partial charge in [-0.3, -0.25) is 4.90 Å². The van der Waals surface area contributed by atoms with Crippen LogP contribution in [0.1, 0.15) is 43.7 Å². The molecule has 6 heteroatoms. The number of nitrogens with two attached hydrogens (primary N) is 1. The minimum absolute atomic E-state index is 0.325. The van der Waals surface area contributed by atoms with Crippen molar-refractivity contribution in [3.05, 3.63) is 60.2 Å². The third kappa shape index (κ3) is 3.53. The molecule has 1 spiro atoms. The van der Waals surface area contributed by atoms with E-state index in [9.17, 15) is 4.79 Å². The van der Waals surface area contributed by atoms with E-state index in [-0.39, 0.29) is 6.09 Å². The number of hydrogen-bond acceptors (Lipinski definition) is 5. The summed E-state index contributed by atoms with van der Waals surface area (Å²) in [7, 11) is 0. The first-order valence-electron chi connectivity index (χ1n) is 11.5. The molecule has 5 rings (SSSR count). The molecule has 166 valence electrons. The Kier molecular flexibility index (Phi) is 5.16. The van der Waals surface area contributed by atoms with Gasteiger partial charge in [0.2, 0.25) is 0 Å². The summed E-state index contributed by atoms with van der Waals surface area (Å²) in [4.78, 5) is 21.5. The lowest BCUT2D eigenvalue weighted by Gasteiger charge is -2.29. The molecule has 0 unspecified atom stereocenters. The van der Waals surface area contributed by atoms with Gasteiger partial charge in [-0.25, -0.2) is 9.79 Å². The van der Waals surface area contributed by atoms with Crippen LogP contribution in [0, 0.1) is 0 Å². The predicted octanol–water partition coefficient (Wildman–Crippen LogP) is 4.91. The molecule has 0 aromatic heterocycles. The van der Waals surface area contributed by atoms with Crippen LogP contribution in [0.5, 0.6) is 0 Å². The summed E-state index contributed by atoms with van der Waals surface area (Å²) in [6, 6.07) is 14.7. The fraction of sp³-hybridized carbons (Fsp3) is 0.385. The van der Waals surface area contributed by atoms with E-state index >= 15 is 0 Å². The van der Waals surface area contributed by atoms with Gasteiger partial charge in [0, 0.05) is 18.8 Å². The molecule has 0 bridgehead atoms. The predicted molar refractivity (Wildman–Crippen MR) is 128 cm³/mol. The third-order valence-corrected chi connectivity index (χ3v) is 6.90. The van der Waals surface area contributed by atoms with Gasteiger partial charge < -0.3 is 15.4 Å². The van der Waals surface area contributed by atoms with Gasteiger partial charge in [-0.05, 0) is 60.9 Å². The molecule has 1 saturated heterocycles. The van der Waals surface area contributed by atoms with E-state index in [4.69, 9.17) is 15.5 Å². The van der Waals surface area contributed by atoms with Crippen molar-refractivity contribution >= 4 is 23.3 Å². The zero-order valence-electron chi connectivity index (χ0n) is 18.6. The zero-order valence-corrected chi connectivity index (χ0v) is 18.6. The highest BCUT2D eigenvalue weighted by Crippen LogP contribution is 2.46. The van der Waals surface area contributed by atoms with Crippen molar-refractivity contribution in [2.24, 2.45) is 10.7 Å². The number of nitrogens with zero attached hydrogens (tertiary/aromatic N) is 3. The SMILES string of the molecule is C=C(c1ccc(-c2ccc3c(c2)N=C(N)C2(CC2)N(C(=O)OCC)C3)cc1)N1CCCC1. The number of carbonyl (C=O) groups is 1. The second-order valence-electron chi connectivity index (χ2n) is 8.88. The van der Waals surface area contributed by atoms with Gasteiger partial charge in [-0.15, -0.1) is 0 Å². The Morgan fingerprint density at radius 3 is 2.47 bits per heavy atom. The van der Waals surface area contributed by atoms with Gasteiger partial charge in [-0.2, -0.15) is 0 Å². The Morgan fingerprint density at radius 2 is 1.81 bits per heavy atom. The highest BCUT2D eigenvalue weighted by atomic mass is 16.6. The molecule has 2 heterocycles. The number of ether oxygens (including phenoxy) is 1. The monoisotopic (exact) mass is 430 g/mol. The van der Waals surface area contributed by atoms with Crippen LogP contribution in [0.4, 0.5) is 10.5 Å². The molecule has 0 radical (unpaired) electrons. The first kappa shape index (κ1) is 20.6. The Labute approximate surface area is 189 Å². The number of carbonyl (C=O) groups excluding carboxylic acids is 1. The second-order valence-corrected chi connectivity index (χ2v) is 8.88. The first-order valence-corrected chi connectivity index (χ1v) is 11.5. The Bertz CT molecular complexity index is 1080. The number of amides is 1. The van der Waals surface area contributed by atoms with E-state index in [0.29, 0.717) is 19.0 Å². The van der Waals surface area contributed by atoms with Crippen molar-refractivity contribution in [1.82, 2.24) is 9.80 Å². The normalized spacial score (nSPS) is 18.7. The van der Waals surface area contributed by atoms with Gasteiger partial charge >= 0.3 is 6.09 Å². The minimum Gasteiger partial charge on any atom is -0.450 e. The molecule has 2 N–H and O–H groups in total. The summed E-state index contributed by atoms with van der Waals surface area (Å²) in [5.41, 5.74) is 12.2. The quantitative estimate of drug-likeness (QED) is 0.748. The number of aliphatic imine (C=N–C) groups is 1. The van der Waals surface area contributed by atoms with Crippen molar-refractivity contribution in [2.45, 2.75) is 44.7 Å². The Morgan fingerprint density at radius 1 is 1.12 bits per heavy atom. The minimum atomic E-state index is -0.497. The lowest BCUT2D eigenvalue weighted by molar-refractivity contribution is 0.0937. The van der Waals surface area contributed by atoms with Gasteiger partial charge in [0.15, 0.2) is 0 Å². The number of rotatable bonds is 4. The van der Waals surface area contributed by atoms with E-state index < -0.39 is 5.54 Å². The van der Waals surface area contributed by atoms with Crippen LogP contribution in [0.25, 0.3) is 16.8 Å². The van der Waals surface area contributed by atoms with Gasteiger partial charge in [0.1, 0.15) is 11.4 Å². The van der Waals surface area contributed by atoms with Crippen LogP contribution >= 0.6 is 0 Å². The van der Waals surface area contributed by atoms with E-state index in [0.717, 1.165) is 59.6 Å². The maximum absolute atomic E-state index is 12.6. The van der Waals surface area contributed by atoms with E-state index in [1.807, 2.05) is 13.0 Å². The molecule has 1 aliphatic carbocycles. The summed E-state index contributed by atoms with van der Waals surface area (Å²) >= 11 is 0. The summed E-state index contributed by atoms with van der Waals surface area (Å²) in [6.07, 6.45) is 3.80. The van der Waals surface area contributed by atoms with Crippen LogP contribution < -0.4 is 5.73 Å². The largest absolute Gasteiger partial charge is 0.450 e. The topological polar surface area (TPSA) is 71.2 Å². The van der Waals surface area contributed by atoms with Gasteiger partial charge in [0.05, 0.1) is 18.8 Å². The molecule has 2 aromatic carbocycles. The van der Waals surface area contributed by atoms with Gasteiger partial charge in [0.25, 0.3) is 0 Å². The van der Waals surface area contributed by atoms with Crippen molar-refractivity contribution in [3.8, 4) is 11.1 Å². The molecule has 0 atom stereocenters. The summed E-state index contributed by atoms with van der Waals surface area (Å²) in [6.45, 7) is 9.09. The Hall–Kier alpha value is -3.28. The average Bonchev–Trinajstić information content (AvgIpc) is 3.45. The number of amidine groups is 1. The second kappa shape index (κ2) is 8.01. The van der Waals surface area contributed by atoms with Crippen molar-refractivity contribution in [1.29, 1.82) is 0 Å². The number of likely N-dealkylation sites (tertiary alicyclic amines) is 1. The van der Waals surface area contributed by atoms with Crippen molar-refractivity contribution in [3.63, 3.8) is 0 Å². The third-order valence-electron chi connectivity index (χ3n) is 6.90. The van der Waals surface area contributed by atoms with E-state index in [1.54, 1.807) is 4.90 Å². The van der Waals surface area contributed by atoms with Gasteiger partial charge in [-0.1, -0.05) is 43.0 Å². The van der Waals surface area contributed by atoms with Crippen LogP contribution in [0.2, 0.25) is 0 Å².